The lowest BCUT2D eigenvalue weighted by atomic mass is 10.3. The van der Waals surface area contributed by atoms with Crippen molar-refractivity contribution in [1.29, 1.82) is 0 Å². The first-order valence-electron chi connectivity index (χ1n) is 6.41. The first kappa shape index (κ1) is 15.3. The number of aromatic nitrogens is 3. The highest BCUT2D eigenvalue weighted by Gasteiger charge is 2.17. The maximum absolute atomic E-state index is 12.0. The van der Waals surface area contributed by atoms with E-state index in [2.05, 4.69) is 20.2 Å². The molecule has 0 unspecified atom stereocenters. The molecular formula is C12H18N6O2S. The second-order valence-electron chi connectivity index (χ2n) is 4.35. The van der Waals surface area contributed by atoms with Crippen LogP contribution >= 0.6 is 0 Å². The van der Waals surface area contributed by atoms with E-state index in [0.717, 1.165) is 12.4 Å². The van der Waals surface area contributed by atoms with Gasteiger partial charge in [0, 0.05) is 12.2 Å². The summed E-state index contributed by atoms with van der Waals surface area (Å²) in [5, 5.41) is 10.9. The lowest BCUT2D eigenvalue weighted by molar-refractivity contribution is 0.588. The van der Waals surface area contributed by atoms with E-state index >= 15 is 0 Å². The Morgan fingerprint density at radius 2 is 2.14 bits per heavy atom. The second kappa shape index (κ2) is 6.10. The summed E-state index contributed by atoms with van der Waals surface area (Å²) in [6.07, 6.45) is 1.63. The van der Waals surface area contributed by atoms with E-state index in [1.807, 2.05) is 11.5 Å². The zero-order valence-corrected chi connectivity index (χ0v) is 12.7. The molecule has 0 atom stereocenters. The van der Waals surface area contributed by atoms with Crippen LogP contribution in [0.15, 0.2) is 29.4 Å². The van der Waals surface area contributed by atoms with Crippen molar-refractivity contribution in [1.82, 2.24) is 19.5 Å². The molecule has 21 heavy (non-hydrogen) atoms. The van der Waals surface area contributed by atoms with Crippen LogP contribution in [0.1, 0.15) is 12.7 Å². The molecule has 114 valence electrons. The molecule has 0 spiro atoms. The number of hydrogen-bond acceptors (Lipinski definition) is 6. The molecule has 9 heteroatoms. The van der Waals surface area contributed by atoms with Gasteiger partial charge in [-0.05, 0) is 32.2 Å². The summed E-state index contributed by atoms with van der Waals surface area (Å²) in [4.78, 5) is 0.104. The van der Waals surface area contributed by atoms with Crippen LogP contribution in [0.4, 0.5) is 11.4 Å². The fraction of sp³-hybridized carbons (Fsp3) is 0.333. The minimum absolute atomic E-state index is 0.104. The van der Waals surface area contributed by atoms with Gasteiger partial charge >= 0.3 is 0 Å². The van der Waals surface area contributed by atoms with Crippen LogP contribution in [0, 0.1) is 0 Å². The minimum atomic E-state index is -3.59. The molecule has 0 saturated carbocycles. The van der Waals surface area contributed by atoms with E-state index in [9.17, 15) is 8.42 Å². The molecule has 0 aliphatic rings. The van der Waals surface area contributed by atoms with Gasteiger partial charge in [-0.15, -0.1) is 10.2 Å². The lowest BCUT2D eigenvalue weighted by Crippen LogP contribution is -2.20. The number of aryl methyl sites for hydroxylation is 1. The third-order valence-electron chi connectivity index (χ3n) is 3.04. The third kappa shape index (κ3) is 3.31. The Morgan fingerprint density at radius 1 is 1.38 bits per heavy atom. The first-order chi connectivity index (χ1) is 9.97. The van der Waals surface area contributed by atoms with E-state index in [0.29, 0.717) is 17.9 Å². The highest BCUT2D eigenvalue weighted by molar-refractivity contribution is 7.89. The van der Waals surface area contributed by atoms with Crippen molar-refractivity contribution in [2.45, 2.75) is 24.9 Å². The molecule has 4 N–H and O–H groups in total. The molecule has 1 heterocycles. The molecule has 0 amide bonds. The largest absolute Gasteiger partial charge is 0.399 e. The summed E-state index contributed by atoms with van der Waals surface area (Å²) < 4.78 is 28.2. The van der Waals surface area contributed by atoms with Crippen molar-refractivity contribution < 1.29 is 8.42 Å². The zero-order valence-electron chi connectivity index (χ0n) is 11.9. The van der Waals surface area contributed by atoms with Crippen molar-refractivity contribution >= 4 is 21.4 Å². The van der Waals surface area contributed by atoms with Gasteiger partial charge in [-0.1, -0.05) is 0 Å². The summed E-state index contributed by atoms with van der Waals surface area (Å²) in [6, 6.07) is 4.69. The van der Waals surface area contributed by atoms with Crippen molar-refractivity contribution in [2.75, 3.05) is 18.1 Å². The van der Waals surface area contributed by atoms with E-state index in [4.69, 9.17) is 5.73 Å². The normalized spacial score (nSPS) is 11.5. The number of nitrogens with two attached hydrogens (primary N) is 1. The summed E-state index contributed by atoms with van der Waals surface area (Å²) in [5.74, 6) is 0.724. The highest BCUT2D eigenvalue weighted by atomic mass is 32.2. The van der Waals surface area contributed by atoms with Gasteiger partial charge in [-0.2, -0.15) is 0 Å². The molecular weight excluding hydrogens is 292 g/mol. The molecule has 1 aromatic heterocycles. The Kier molecular flexibility index (Phi) is 4.43. The monoisotopic (exact) mass is 310 g/mol. The summed E-state index contributed by atoms with van der Waals surface area (Å²) in [5.41, 5.74) is 6.51. The average molecular weight is 310 g/mol. The fourth-order valence-corrected chi connectivity index (χ4v) is 2.81. The van der Waals surface area contributed by atoms with E-state index in [-0.39, 0.29) is 4.90 Å². The molecule has 2 aromatic rings. The number of nitrogens with zero attached hydrogens (tertiary/aromatic N) is 3. The molecule has 0 fully saturated rings. The zero-order chi connectivity index (χ0) is 15.5. The summed E-state index contributed by atoms with van der Waals surface area (Å²) >= 11 is 0. The number of nitrogens with one attached hydrogen (secondary N) is 2. The van der Waals surface area contributed by atoms with Crippen LogP contribution in [0.5, 0.6) is 0 Å². The van der Waals surface area contributed by atoms with E-state index < -0.39 is 10.0 Å². The van der Waals surface area contributed by atoms with Gasteiger partial charge in [0.05, 0.1) is 12.2 Å². The van der Waals surface area contributed by atoms with Crippen LogP contribution in [0.2, 0.25) is 0 Å². The number of rotatable bonds is 6. The standard InChI is InChI=1S/C12H18N6O2S/c1-3-18-8-16-17-12(18)7-15-10-5-4-9(13)6-11(10)21(19,20)14-2/h4-6,8,14-15H,3,7,13H2,1-2H3. The molecule has 0 aliphatic heterocycles. The quantitative estimate of drug-likeness (QED) is 0.665. The smallest absolute Gasteiger partial charge is 0.242 e. The topological polar surface area (TPSA) is 115 Å². The maximum Gasteiger partial charge on any atom is 0.242 e. The molecule has 2 rings (SSSR count). The van der Waals surface area contributed by atoms with Gasteiger partial charge in [-0.25, -0.2) is 13.1 Å². The minimum Gasteiger partial charge on any atom is -0.399 e. The van der Waals surface area contributed by atoms with Gasteiger partial charge in [0.1, 0.15) is 11.2 Å². The Morgan fingerprint density at radius 3 is 2.81 bits per heavy atom. The van der Waals surface area contributed by atoms with Crippen molar-refractivity contribution in [3.8, 4) is 0 Å². The SMILES string of the molecule is CCn1cnnc1CNc1ccc(N)cc1S(=O)(=O)NC. The Labute approximate surface area is 123 Å². The Bertz CT molecular complexity index is 725. The van der Waals surface area contributed by atoms with Gasteiger partial charge < -0.3 is 15.6 Å². The predicted molar refractivity (Wildman–Crippen MR) is 80.1 cm³/mol. The molecule has 0 bridgehead atoms. The Hall–Kier alpha value is -2.13. The van der Waals surface area contributed by atoms with Gasteiger partial charge in [0.15, 0.2) is 5.82 Å². The van der Waals surface area contributed by atoms with Crippen molar-refractivity contribution in [3.63, 3.8) is 0 Å². The second-order valence-corrected chi connectivity index (χ2v) is 6.20. The van der Waals surface area contributed by atoms with E-state index in [1.54, 1.807) is 18.5 Å². The van der Waals surface area contributed by atoms with Crippen LogP contribution in [-0.2, 0) is 23.1 Å². The van der Waals surface area contributed by atoms with Crippen molar-refractivity contribution in [3.05, 3.63) is 30.4 Å². The molecule has 0 saturated heterocycles. The van der Waals surface area contributed by atoms with Gasteiger partial charge in [0.2, 0.25) is 10.0 Å². The maximum atomic E-state index is 12.0. The average Bonchev–Trinajstić information content (AvgIpc) is 2.93. The van der Waals surface area contributed by atoms with Gasteiger partial charge in [-0.3, -0.25) is 0 Å². The number of sulfonamides is 1. The van der Waals surface area contributed by atoms with Crippen LogP contribution in [0.3, 0.4) is 0 Å². The van der Waals surface area contributed by atoms with Gasteiger partial charge in [0.25, 0.3) is 0 Å². The van der Waals surface area contributed by atoms with Crippen LogP contribution < -0.4 is 15.8 Å². The number of benzene rings is 1. The van der Waals surface area contributed by atoms with Crippen molar-refractivity contribution in [2.24, 2.45) is 0 Å². The lowest BCUT2D eigenvalue weighted by Gasteiger charge is -2.13. The third-order valence-corrected chi connectivity index (χ3v) is 4.49. The first-order valence-corrected chi connectivity index (χ1v) is 7.90. The van der Waals surface area contributed by atoms with Crippen LogP contribution in [-0.4, -0.2) is 30.2 Å². The molecule has 0 radical (unpaired) electrons. The van der Waals surface area contributed by atoms with E-state index in [1.165, 1.54) is 13.1 Å². The summed E-state index contributed by atoms with van der Waals surface area (Å²) in [6.45, 7) is 3.09. The highest BCUT2D eigenvalue weighted by Crippen LogP contribution is 2.24. The summed E-state index contributed by atoms with van der Waals surface area (Å²) in [7, 11) is -2.24. The Balaban J connectivity index is 2.28. The molecule has 1 aromatic carbocycles. The number of nitrogen functional groups attached to an aromatic ring is 1. The fourth-order valence-electron chi connectivity index (χ4n) is 1.87. The predicted octanol–water partition coefficient (Wildman–Crippen LogP) is 0.400. The number of anilines is 2. The molecule has 0 aliphatic carbocycles. The molecule has 8 nitrogen and oxygen atoms in total. The number of hydrogen-bond donors (Lipinski definition) is 3. The van der Waals surface area contributed by atoms with Crippen LogP contribution in [0.25, 0.3) is 0 Å².